The number of rotatable bonds is 3. The van der Waals surface area contributed by atoms with Crippen LogP contribution in [-0.2, 0) is 0 Å². The molecule has 0 radical (unpaired) electrons. The lowest BCUT2D eigenvalue weighted by Gasteiger charge is -2.36. The highest BCUT2D eigenvalue weighted by Crippen LogP contribution is 2.38. The first-order chi connectivity index (χ1) is 8.94. The van der Waals surface area contributed by atoms with Crippen LogP contribution in [0.1, 0.15) is 19.8 Å². The molecule has 1 aliphatic heterocycles. The summed E-state index contributed by atoms with van der Waals surface area (Å²) in [4.78, 5) is 12.7. The molecule has 0 unspecified atom stereocenters. The van der Waals surface area contributed by atoms with E-state index in [0.717, 1.165) is 0 Å². The van der Waals surface area contributed by atoms with E-state index in [1.54, 1.807) is 25.1 Å². The molecule has 0 atom stereocenters. The molecule has 104 valence electrons. The van der Waals surface area contributed by atoms with Crippen LogP contribution < -0.4 is 9.64 Å². The van der Waals surface area contributed by atoms with Gasteiger partial charge >= 0.3 is 5.69 Å². The Morgan fingerprint density at radius 1 is 1.42 bits per heavy atom. The number of aliphatic hydroxyl groups is 1. The molecule has 1 heterocycles. The summed E-state index contributed by atoms with van der Waals surface area (Å²) in [6.07, 6.45) is 1.20. The molecule has 6 nitrogen and oxygen atoms in total. The van der Waals surface area contributed by atoms with Gasteiger partial charge in [-0.25, -0.2) is 0 Å². The van der Waals surface area contributed by atoms with Crippen LogP contribution in [0.3, 0.4) is 0 Å². The van der Waals surface area contributed by atoms with Crippen molar-refractivity contribution >= 4 is 11.4 Å². The Kier molecular flexibility index (Phi) is 3.61. The van der Waals surface area contributed by atoms with E-state index in [1.807, 2.05) is 4.90 Å². The zero-order valence-corrected chi connectivity index (χ0v) is 11.1. The summed E-state index contributed by atoms with van der Waals surface area (Å²) in [5, 5.41) is 21.2. The second-order valence-corrected chi connectivity index (χ2v) is 5.07. The lowest BCUT2D eigenvalue weighted by atomic mass is 9.93. The number of hydrogen-bond donors (Lipinski definition) is 1. The van der Waals surface area contributed by atoms with Gasteiger partial charge in [-0.1, -0.05) is 6.07 Å². The van der Waals surface area contributed by atoms with E-state index in [0.29, 0.717) is 31.6 Å². The highest BCUT2D eigenvalue weighted by molar-refractivity contribution is 5.70. The largest absolute Gasteiger partial charge is 0.490 e. The van der Waals surface area contributed by atoms with Crippen molar-refractivity contribution in [1.82, 2.24) is 0 Å². The lowest BCUT2D eigenvalue weighted by molar-refractivity contribution is -0.385. The number of piperidine rings is 1. The Labute approximate surface area is 111 Å². The number of methoxy groups -OCH3 is 1. The Hall–Kier alpha value is -1.82. The smallest absolute Gasteiger partial charge is 0.333 e. The molecule has 1 fully saturated rings. The first-order valence-electron chi connectivity index (χ1n) is 6.23. The number of hydrogen-bond acceptors (Lipinski definition) is 5. The van der Waals surface area contributed by atoms with Gasteiger partial charge in [0.1, 0.15) is 5.69 Å². The predicted octanol–water partition coefficient (Wildman–Crippen LogP) is 1.95. The van der Waals surface area contributed by atoms with E-state index in [9.17, 15) is 15.2 Å². The van der Waals surface area contributed by atoms with Crippen molar-refractivity contribution in [3.8, 4) is 5.75 Å². The average molecular weight is 266 g/mol. The second-order valence-electron chi connectivity index (χ2n) is 5.07. The number of nitrogens with zero attached hydrogens (tertiary/aromatic N) is 2. The summed E-state index contributed by atoms with van der Waals surface area (Å²) >= 11 is 0. The fraction of sp³-hybridized carbons (Fsp3) is 0.538. The summed E-state index contributed by atoms with van der Waals surface area (Å²) in [6, 6.07) is 5.05. The quantitative estimate of drug-likeness (QED) is 0.668. The normalized spacial score (nSPS) is 18.2. The van der Waals surface area contributed by atoms with Crippen LogP contribution in [0.4, 0.5) is 11.4 Å². The highest BCUT2D eigenvalue weighted by Gasteiger charge is 2.31. The molecule has 0 aromatic heterocycles. The standard InChI is InChI=1S/C13H18N2O4/c1-13(16)6-8-14(9-7-13)10-4-3-5-11(19-2)12(10)15(17)18/h3-5,16H,6-9H2,1-2H3. The minimum absolute atomic E-state index is 0.00783. The van der Waals surface area contributed by atoms with E-state index >= 15 is 0 Å². The van der Waals surface area contributed by atoms with E-state index in [-0.39, 0.29) is 11.4 Å². The van der Waals surface area contributed by atoms with Crippen LogP contribution in [0.2, 0.25) is 0 Å². The lowest BCUT2D eigenvalue weighted by Crippen LogP contribution is -2.42. The Bertz CT molecular complexity index is 478. The topological polar surface area (TPSA) is 75.8 Å². The minimum Gasteiger partial charge on any atom is -0.490 e. The fourth-order valence-corrected chi connectivity index (χ4v) is 2.34. The molecule has 0 aliphatic carbocycles. The number of para-hydroxylation sites is 1. The fourth-order valence-electron chi connectivity index (χ4n) is 2.34. The van der Waals surface area contributed by atoms with Crippen LogP contribution >= 0.6 is 0 Å². The van der Waals surface area contributed by atoms with Gasteiger partial charge in [-0.2, -0.15) is 0 Å². The van der Waals surface area contributed by atoms with E-state index in [4.69, 9.17) is 4.74 Å². The van der Waals surface area contributed by atoms with Gasteiger partial charge in [0.2, 0.25) is 0 Å². The molecule has 1 saturated heterocycles. The maximum absolute atomic E-state index is 11.2. The van der Waals surface area contributed by atoms with Gasteiger partial charge in [0.25, 0.3) is 0 Å². The summed E-state index contributed by atoms with van der Waals surface area (Å²) in [6.45, 7) is 2.99. The monoisotopic (exact) mass is 266 g/mol. The molecule has 0 spiro atoms. The third-order valence-electron chi connectivity index (χ3n) is 3.56. The van der Waals surface area contributed by atoms with Crippen molar-refractivity contribution in [3.05, 3.63) is 28.3 Å². The molecule has 1 aromatic rings. The third kappa shape index (κ3) is 2.78. The van der Waals surface area contributed by atoms with Crippen molar-refractivity contribution in [2.75, 3.05) is 25.1 Å². The number of ether oxygens (including phenoxy) is 1. The molecule has 6 heteroatoms. The van der Waals surface area contributed by atoms with Gasteiger partial charge in [0, 0.05) is 13.1 Å². The van der Waals surface area contributed by atoms with Gasteiger partial charge in [0.15, 0.2) is 5.75 Å². The predicted molar refractivity (Wildman–Crippen MR) is 71.7 cm³/mol. The van der Waals surface area contributed by atoms with Crippen molar-refractivity contribution in [2.45, 2.75) is 25.4 Å². The maximum Gasteiger partial charge on any atom is 0.333 e. The minimum atomic E-state index is -0.676. The van der Waals surface area contributed by atoms with Crippen molar-refractivity contribution in [2.24, 2.45) is 0 Å². The summed E-state index contributed by atoms with van der Waals surface area (Å²) in [5.74, 6) is 0.264. The number of anilines is 1. The summed E-state index contributed by atoms with van der Waals surface area (Å²) < 4.78 is 5.06. The SMILES string of the molecule is COc1cccc(N2CCC(C)(O)CC2)c1[N+](=O)[O-]. The molecular weight excluding hydrogens is 248 g/mol. The van der Waals surface area contributed by atoms with E-state index in [2.05, 4.69) is 0 Å². The van der Waals surface area contributed by atoms with Crippen molar-refractivity contribution in [1.29, 1.82) is 0 Å². The van der Waals surface area contributed by atoms with Crippen LogP contribution in [0.5, 0.6) is 5.75 Å². The molecule has 0 bridgehead atoms. The molecule has 1 aliphatic rings. The molecule has 2 rings (SSSR count). The molecule has 1 aromatic carbocycles. The number of benzene rings is 1. The molecule has 0 saturated carbocycles. The highest BCUT2D eigenvalue weighted by atomic mass is 16.6. The third-order valence-corrected chi connectivity index (χ3v) is 3.56. The zero-order valence-electron chi connectivity index (χ0n) is 11.1. The Morgan fingerprint density at radius 3 is 2.58 bits per heavy atom. The molecule has 19 heavy (non-hydrogen) atoms. The second kappa shape index (κ2) is 5.05. The van der Waals surface area contributed by atoms with Crippen molar-refractivity contribution in [3.63, 3.8) is 0 Å². The van der Waals surface area contributed by atoms with Crippen LogP contribution in [0.15, 0.2) is 18.2 Å². The summed E-state index contributed by atoms with van der Waals surface area (Å²) in [7, 11) is 1.42. The van der Waals surface area contributed by atoms with E-state index in [1.165, 1.54) is 7.11 Å². The van der Waals surface area contributed by atoms with Gasteiger partial charge in [-0.05, 0) is 31.9 Å². The van der Waals surface area contributed by atoms with Gasteiger partial charge in [-0.15, -0.1) is 0 Å². The van der Waals surface area contributed by atoms with Gasteiger partial charge in [0.05, 0.1) is 17.6 Å². The number of nitro groups is 1. The zero-order chi connectivity index (χ0) is 14.0. The molecular formula is C13H18N2O4. The first-order valence-corrected chi connectivity index (χ1v) is 6.23. The van der Waals surface area contributed by atoms with Crippen LogP contribution in [0.25, 0.3) is 0 Å². The van der Waals surface area contributed by atoms with E-state index < -0.39 is 10.5 Å². The summed E-state index contributed by atoms with van der Waals surface area (Å²) in [5.41, 5.74) is -0.129. The Balaban J connectivity index is 2.32. The number of nitro benzene ring substituents is 1. The van der Waals surface area contributed by atoms with Crippen LogP contribution in [0, 0.1) is 10.1 Å². The van der Waals surface area contributed by atoms with Gasteiger partial charge < -0.3 is 14.7 Å². The maximum atomic E-state index is 11.2. The average Bonchev–Trinajstić information content (AvgIpc) is 2.37. The molecule has 1 N–H and O–H groups in total. The van der Waals surface area contributed by atoms with Crippen LogP contribution in [-0.4, -0.2) is 35.8 Å². The molecule has 0 amide bonds. The van der Waals surface area contributed by atoms with Gasteiger partial charge in [-0.3, -0.25) is 10.1 Å². The first kappa shape index (κ1) is 13.6. The van der Waals surface area contributed by atoms with Crippen molar-refractivity contribution < 1.29 is 14.8 Å². The Morgan fingerprint density at radius 2 is 2.05 bits per heavy atom.